The molecule has 0 atom stereocenters. The normalized spacial score (nSPS) is 11.3. The third-order valence-corrected chi connectivity index (χ3v) is 1.78. The first-order valence-corrected chi connectivity index (χ1v) is 5.90. The third-order valence-electron chi connectivity index (χ3n) is 1.26. The van der Waals surface area contributed by atoms with E-state index < -0.39 is 13.9 Å². The molecule has 0 radical (unpaired) electrons. The highest BCUT2D eigenvalue weighted by Gasteiger charge is 2.12. The van der Waals surface area contributed by atoms with Crippen molar-refractivity contribution in [1.29, 1.82) is 0 Å². The van der Waals surface area contributed by atoms with Crippen LogP contribution in [-0.4, -0.2) is 39.3 Å². The maximum absolute atomic E-state index is 10.4. The van der Waals surface area contributed by atoms with E-state index in [2.05, 4.69) is 14.7 Å². The van der Waals surface area contributed by atoms with Gasteiger partial charge in [0.2, 0.25) is 0 Å². The molecule has 0 fully saturated rings. The Kier molecular flexibility index (Phi) is 4.64. The molecule has 1 aromatic heterocycles. The summed E-state index contributed by atoms with van der Waals surface area (Å²) in [6, 6.07) is 1.86. The number of rotatable bonds is 6. The second-order valence-corrected chi connectivity index (χ2v) is 4.17. The van der Waals surface area contributed by atoms with Crippen LogP contribution >= 0.6 is 7.60 Å². The zero-order valence-corrected chi connectivity index (χ0v) is 8.71. The number of aromatic nitrogens is 2. The van der Waals surface area contributed by atoms with Crippen molar-refractivity contribution in [1.82, 2.24) is 9.97 Å². The van der Waals surface area contributed by atoms with Crippen LogP contribution in [0, 0.1) is 0 Å². The maximum Gasteiger partial charge on any atom is 0.350 e. The van der Waals surface area contributed by atoms with Gasteiger partial charge in [0.15, 0.2) is 0 Å². The van der Waals surface area contributed by atoms with Gasteiger partial charge in [0.25, 0.3) is 0 Å². The molecule has 7 nitrogen and oxygen atoms in total. The zero-order chi connectivity index (χ0) is 11.1. The Morgan fingerprint density at radius 2 is 1.93 bits per heavy atom. The fourth-order valence-electron chi connectivity index (χ4n) is 0.735. The van der Waals surface area contributed by atoms with Gasteiger partial charge in [0.05, 0.1) is 6.61 Å². The van der Waals surface area contributed by atoms with E-state index in [1.807, 2.05) is 0 Å². The van der Waals surface area contributed by atoms with Gasteiger partial charge in [0, 0.05) is 12.4 Å². The van der Waals surface area contributed by atoms with Crippen LogP contribution in [0.3, 0.4) is 0 Å². The van der Waals surface area contributed by atoms with Crippen molar-refractivity contribution >= 4 is 7.60 Å². The Morgan fingerprint density at radius 3 is 2.53 bits per heavy atom. The summed E-state index contributed by atoms with van der Waals surface area (Å²) >= 11 is 0. The summed E-state index contributed by atoms with van der Waals surface area (Å²) in [6.07, 6.45) is 2.45. The average molecular weight is 234 g/mol. The van der Waals surface area contributed by atoms with Gasteiger partial charge in [-0.3, -0.25) is 4.57 Å². The van der Waals surface area contributed by atoms with E-state index in [4.69, 9.17) is 14.5 Å². The van der Waals surface area contributed by atoms with Crippen molar-refractivity contribution in [3.63, 3.8) is 0 Å². The molecule has 0 unspecified atom stereocenters. The van der Waals surface area contributed by atoms with Crippen molar-refractivity contribution < 1.29 is 23.8 Å². The van der Waals surface area contributed by atoms with Gasteiger partial charge in [-0.1, -0.05) is 0 Å². The predicted molar refractivity (Wildman–Crippen MR) is 50.4 cm³/mol. The predicted octanol–water partition coefficient (Wildman–Crippen LogP) is 0.00720. The van der Waals surface area contributed by atoms with Crippen molar-refractivity contribution in [3.8, 4) is 6.01 Å². The molecule has 0 spiro atoms. The van der Waals surface area contributed by atoms with E-state index in [0.717, 1.165) is 0 Å². The first-order chi connectivity index (χ1) is 7.08. The number of hydrogen-bond acceptors (Lipinski definition) is 5. The summed E-state index contributed by atoms with van der Waals surface area (Å²) in [5, 5.41) is 0. The van der Waals surface area contributed by atoms with E-state index in [1.165, 1.54) is 12.4 Å². The monoisotopic (exact) mass is 234 g/mol. The zero-order valence-electron chi connectivity index (χ0n) is 7.81. The molecule has 0 aliphatic heterocycles. The van der Waals surface area contributed by atoms with Crippen LogP contribution in [-0.2, 0) is 9.30 Å². The van der Waals surface area contributed by atoms with E-state index in [1.54, 1.807) is 6.07 Å². The van der Waals surface area contributed by atoms with E-state index in [-0.39, 0.29) is 19.2 Å². The Bertz CT molecular complexity index is 327. The Hall–Kier alpha value is -1.01. The number of hydrogen-bond donors (Lipinski definition) is 2. The molecule has 1 aromatic rings. The summed E-state index contributed by atoms with van der Waals surface area (Å²) in [5.41, 5.74) is 0. The summed E-state index contributed by atoms with van der Waals surface area (Å²) in [7, 11) is -4.09. The fourth-order valence-corrected chi connectivity index (χ4v) is 1.10. The van der Waals surface area contributed by atoms with Gasteiger partial charge in [-0.05, 0) is 6.07 Å². The molecule has 1 rings (SSSR count). The molecule has 84 valence electrons. The van der Waals surface area contributed by atoms with Gasteiger partial charge in [0.1, 0.15) is 13.0 Å². The van der Waals surface area contributed by atoms with Gasteiger partial charge < -0.3 is 19.3 Å². The molecular weight excluding hydrogens is 223 g/mol. The van der Waals surface area contributed by atoms with Gasteiger partial charge in [-0.2, -0.15) is 0 Å². The summed E-state index contributed by atoms with van der Waals surface area (Å²) in [4.78, 5) is 24.5. The van der Waals surface area contributed by atoms with Crippen molar-refractivity contribution in [2.24, 2.45) is 0 Å². The summed E-state index contributed by atoms with van der Waals surface area (Å²) < 4.78 is 20.1. The molecule has 0 amide bonds. The van der Waals surface area contributed by atoms with Gasteiger partial charge in [-0.25, -0.2) is 9.97 Å². The van der Waals surface area contributed by atoms with Crippen LogP contribution in [0.15, 0.2) is 18.5 Å². The summed E-state index contributed by atoms with van der Waals surface area (Å²) in [6.45, 7) is 0.216. The van der Waals surface area contributed by atoms with Crippen molar-refractivity contribution in [2.45, 2.75) is 0 Å². The summed E-state index contributed by atoms with van der Waals surface area (Å²) in [5.74, 6) is 0. The van der Waals surface area contributed by atoms with E-state index in [9.17, 15) is 4.57 Å². The number of nitrogens with zero attached hydrogens (tertiary/aromatic N) is 2. The first-order valence-electron chi connectivity index (χ1n) is 4.10. The molecule has 0 aliphatic rings. The van der Waals surface area contributed by atoms with Crippen LogP contribution in [0.25, 0.3) is 0 Å². The fraction of sp³-hybridized carbons (Fsp3) is 0.429. The molecule has 2 N–H and O–H groups in total. The second kappa shape index (κ2) is 5.77. The first kappa shape index (κ1) is 12.1. The molecule has 15 heavy (non-hydrogen) atoms. The lowest BCUT2D eigenvalue weighted by atomic mass is 10.7. The minimum Gasteiger partial charge on any atom is -0.461 e. The Balaban J connectivity index is 2.10. The van der Waals surface area contributed by atoms with E-state index in [0.29, 0.717) is 0 Å². The number of ether oxygens (including phenoxy) is 2. The van der Waals surface area contributed by atoms with Crippen LogP contribution in [0.5, 0.6) is 6.01 Å². The average Bonchev–Trinajstić information content (AvgIpc) is 2.17. The highest BCUT2D eigenvalue weighted by atomic mass is 31.2. The lowest BCUT2D eigenvalue weighted by molar-refractivity contribution is 0.115. The second-order valence-electron chi connectivity index (χ2n) is 2.58. The van der Waals surface area contributed by atoms with Crippen LogP contribution in [0.1, 0.15) is 0 Å². The molecule has 0 saturated carbocycles. The molecule has 0 aromatic carbocycles. The van der Waals surface area contributed by atoms with E-state index >= 15 is 0 Å². The molecule has 0 aliphatic carbocycles. The van der Waals surface area contributed by atoms with Gasteiger partial charge in [-0.15, -0.1) is 0 Å². The SMILES string of the molecule is O=P(O)(O)COCCOc1ncccn1. The highest BCUT2D eigenvalue weighted by molar-refractivity contribution is 7.51. The Morgan fingerprint density at radius 1 is 1.27 bits per heavy atom. The van der Waals surface area contributed by atoms with Crippen LogP contribution in [0.2, 0.25) is 0 Å². The standard InChI is InChI=1S/C7H11N2O5P/c10-15(11,12)6-13-4-5-14-7-8-2-1-3-9-7/h1-3H,4-6H2,(H2,10,11,12). The third kappa shape index (κ3) is 6.14. The Labute approximate surface area is 86.2 Å². The largest absolute Gasteiger partial charge is 0.461 e. The molecular formula is C7H11N2O5P. The smallest absolute Gasteiger partial charge is 0.350 e. The minimum absolute atomic E-state index is 0.0728. The molecule has 8 heteroatoms. The van der Waals surface area contributed by atoms with Crippen molar-refractivity contribution in [2.75, 3.05) is 19.6 Å². The minimum atomic E-state index is -4.09. The lowest BCUT2D eigenvalue weighted by Gasteiger charge is -2.06. The molecule has 0 saturated heterocycles. The lowest BCUT2D eigenvalue weighted by Crippen LogP contribution is -2.09. The van der Waals surface area contributed by atoms with Gasteiger partial charge >= 0.3 is 13.6 Å². The highest BCUT2D eigenvalue weighted by Crippen LogP contribution is 2.33. The molecule has 0 bridgehead atoms. The van der Waals surface area contributed by atoms with Crippen LogP contribution in [0.4, 0.5) is 0 Å². The van der Waals surface area contributed by atoms with Crippen LogP contribution < -0.4 is 4.74 Å². The quantitative estimate of drug-likeness (QED) is 0.527. The topological polar surface area (TPSA) is 102 Å². The van der Waals surface area contributed by atoms with Crippen molar-refractivity contribution in [3.05, 3.63) is 18.5 Å². The molecule has 1 heterocycles. The maximum atomic E-state index is 10.4.